The number of carbonyl (C=O) groups is 2. The normalized spacial score (nSPS) is 12.0. The van der Waals surface area contributed by atoms with E-state index in [4.69, 9.17) is 9.84 Å². The van der Waals surface area contributed by atoms with Gasteiger partial charge in [0, 0.05) is 11.6 Å². The largest absolute Gasteiger partial charge is 0.493 e. The summed E-state index contributed by atoms with van der Waals surface area (Å²) in [6, 6.07) is 6.76. The SMILES string of the molecule is CCC(C)N(CC(=O)O)C(=O)c1cccc(OCC(C)C)c1. The smallest absolute Gasteiger partial charge is 0.323 e. The summed E-state index contributed by atoms with van der Waals surface area (Å²) in [6.45, 7) is 8.14. The van der Waals surface area contributed by atoms with Crippen LogP contribution in [0.5, 0.6) is 5.75 Å². The fourth-order valence-electron chi connectivity index (χ4n) is 1.94. The first-order valence-electron chi connectivity index (χ1n) is 7.60. The lowest BCUT2D eigenvalue weighted by atomic mass is 10.1. The number of rotatable bonds is 8. The molecule has 0 fully saturated rings. The van der Waals surface area contributed by atoms with E-state index in [-0.39, 0.29) is 18.5 Å². The summed E-state index contributed by atoms with van der Waals surface area (Å²) < 4.78 is 5.62. The molecule has 0 saturated heterocycles. The predicted octanol–water partition coefficient (Wildman–Crippen LogP) is 3.05. The lowest BCUT2D eigenvalue weighted by Gasteiger charge is -2.27. The second-order valence-corrected chi connectivity index (χ2v) is 5.82. The van der Waals surface area contributed by atoms with Crippen LogP contribution in [0.15, 0.2) is 24.3 Å². The highest BCUT2D eigenvalue weighted by Gasteiger charge is 2.23. The highest BCUT2D eigenvalue weighted by molar-refractivity contribution is 5.96. The Morgan fingerprint density at radius 2 is 1.95 bits per heavy atom. The third-order valence-corrected chi connectivity index (χ3v) is 3.35. The van der Waals surface area contributed by atoms with Crippen LogP contribution in [-0.4, -0.2) is 41.1 Å². The van der Waals surface area contributed by atoms with Gasteiger partial charge < -0.3 is 14.7 Å². The molecule has 1 N–H and O–H groups in total. The molecule has 0 spiro atoms. The van der Waals surface area contributed by atoms with Crippen molar-refractivity contribution in [1.29, 1.82) is 0 Å². The fraction of sp³-hybridized carbons (Fsp3) is 0.529. The number of hydrogen-bond donors (Lipinski definition) is 1. The van der Waals surface area contributed by atoms with Gasteiger partial charge in [-0.05, 0) is 37.5 Å². The molecule has 22 heavy (non-hydrogen) atoms. The highest BCUT2D eigenvalue weighted by Crippen LogP contribution is 2.17. The van der Waals surface area contributed by atoms with Crippen LogP contribution in [-0.2, 0) is 4.79 Å². The van der Waals surface area contributed by atoms with Crippen molar-refractivity contribution < 1.29 is 19.4 Å². The van der Waals surface area contributed by atoms with Crippen molar-refractivity contribution in [3.05, 3.63) is 29.8 Å². The molecule has 1 amide bonds. The van der Waals surface area contributed by atoms with Crippen molar-refractivity contribution >= 4 is 11.9 Å². The lowest BCUT2D eigenvalue weighted by Crippen LogP contribution is -2.41. The molecule has 0 aromatic heterocycles. The number of carbonyl (C=O) groups excluding carboxylic acids is 1. The number of ether oxygens (including phenoxy) is 1. The van der Waals surface area contributed by atoms with Crippen LogP contribution in [0.2, 0.25) is 0 Å². The summed E-state index contributed by atoms with van der Waals surface area (Å²) >= 11 is 0. The Morgan fingerprint density at radius 3 is 2.50 bits per heavy atom. The zero-order valence-electron chi connectivity index (χ0n) is 13.7. The van der Waals surface area contributed by atoms with Crippen LogP contribution in [0.1, 0.15) is 44.5 Å². The van der Waals surface area contributed by atoms with Crippen molar-refractivity contribution in [1.82, 2.24) is 4.90 Å². The van der Waals surface area contributed by atoms with Crippen molar-refractivity contribution in [3.8, 4) is 5.75 Å². The number of carboxylic acid groups (broad SMARTS) is 1. The third-order valence-electron chi connectivity index (χ3n) is 3.35. The molecule has 0 bridgehead atoms. The summed E-state index contributed by atoms with van der Waals surface area (Å²) in [5.74, 6) is -0.283. The highest BCUT2D eigenvalue weighted by atomic mass is 16.5. The lowest BCUT2D eigenvalue weighted by molar-refractivity contribution is -0.138. The zero-order valence-corrected chi connectivity index (χ0v) is 13.7. The van der Waals surface area contributed by atoms with Gasteiger partial charge in [-0.3, -0.25) is 9.59 Å². The number of nitrogens with zero attached hydrogens (tertiary/aromatic N) is 1. The molecule has 0 heterocycles. The molecular formula is C17H25NO4. The zero-order chi connectivity index (χ0) is 16.7. The van der Waals surface area contributed by atoms with Crippen LogP contribution in [0.4, 0.5) is 0 Å². The first-order valence-corrected chi connectivity index (χ1v) is 7.60. The van der Waals surface area contributed by atoms with Crippen molar-refractivity contribution in [2.24, 2.45) is 5.92 Å². The quantitative estimate of drug-likeness (QED) is 0.801. The van der Waals surface area contributed by atoms with E-state index in [1.807, 2.05) is 27.7 Å². The summed E-state index contributed by atoms with van der Waals surface area (Å²) in [7, 11) is 0. The molecule has 122 valence electrons. The topological polar surface area (TPSA) is 66.8 Å². The molecule has 0 aliphatic carbocycles. The molecule has 1 unspecified atom stereocenters. The first-order chi connectivity index (χ1) is 10.3. The molecule has 0 aliphatic heterocycles. The van der Waals surface area contributed by atoms with Crippen LogP contribution >= 0.6 is 0 Å². The number of hydrogen-bond acceptors (Lipinski definition) is 3. The van der Waals surface area contributed by atoms with Gasteiger partial charge >= 0.3 is 5.97 Å². The molecule has 0 aliphatic rings. The van der Waals surface area contributed by atoms with Crippen LogP contribution < -0.4 is 4.74 Å². The predicted molar refractivity (Wildman–Crippen MR) is 85.2 cm³/mol. The van der Waals surface area contributed by atoms with Gasteiger partial charge in [0.2, 0.25) is 0 Å². The molecule has 1 aromatic carbocycles. The Hall–Kier alpha value is -2.04. The molecule has 1 rings (SSSR count). The Bertz CT molecular complexity index is 513. The first kappa shape index (κ1) is 18.0. The summed E-state index contributed by atoms with van der Waals surface area (Å²) in [6.07, 6.45) is 0.697. The maximum atomic E-state index is 12.6. The number of aliphatic carboxylic acids is 1. The summed E-state index contributed by atoms with van der Waals surface area (Å²) in [4.78, 5) is 24.9. The standard InChI is InChI=1S/C17H25NO4/c1-5-13(4)18(10-16(19)20)17(21)14-7-6-8-15(9-14)22-11-12(2)3/h6-9,12-13H,5,10-11H2,1-4H3,(H,19,20). The van der Waals surface area contributed by atoms with Gasteiger partial charge in [-0.2, -0.15) is 0 Å². The molecule has 1 atom stereocenters. The maximum absolute atomic E-state index is 12.6. The van der Waals surface area contributed by atoms with Crippen molar-refractivity contribution in [2.45, 2.75) is 40.2 Å². The minimum atomic E-state index is -1.01. The van der Waals surface area contributed by atoms with Crippen LogP contribution in [0.25, 0.3) is 0 Å². The van der Waals surface area contributed by atoms with Gasteiger partial charge in [0.1, 0.15) is 12.3 Å². The minimum Gasteiger partial charge on any atom is -0.493 e. The Morgan fingerprint density at radius 1 is 1.27 bits per heavy atom. The van der Waals surface area contributed by atoms with E-state index in [0.717, 1.165) is 0 Å². The Kier molecular flexibility index (Phi) is 6.89. The Labute approximate surface area is 131 Å². The van der Waals surface area contributed by atoms with E-state index in [1.54, 1.807) is 24.3 Å². The van der Waals surface area contributed by atoms with Gasteiger partial charge in [-0.25, -0.2) is 0 Å². The Balaban J connectivity index is 2.93. The van der Waals surface area contributed by atoms with Gasteiger partial charge in [0.05, 0.1) is 6.61 Å². The summed E-state index contributed by atoms with van der Waals surface area (Å²) in [5.41, 5.74) is 0.447. The van der Waals surface area contributed by atoms with Gasteiger partial charge in [0.15, 0.2) is 0 Å². The van der Waals surface area contributed by atoms with E-state index < -0.39 is 5.97 Å². The second kappa shape index (κ2) is 8.41. The van der Waals surface area contributed by atoms with E-state index in [0.29, 0.717) is 30.3 Å². The van der Waals surface area contributed by atoms with Gasteiger partial charge in [-0.1, -0.05) is 26.8 Å². The van der Waals surface area contributed by atoms with Crippen molar-refractivity contribution in [3.63, 3.8) is 0 Å². The fourth-order valence-corrected chi connectivity index (χ4v) is 1.94. The number of benzene rings is 1. The average molecular weight is 307 g/mol. The molecule has 0 saturated carbocycles. The molecule has 1 aromatic rings. The second-order valence-electron chi connectivity index (χ2n) is 5.82. The monoisotopic (exact) mass is 307 g/mol. The maximum Gasteiger partial charge on any atom is 0.323 e. The van der Waals surface area contributed by atoms with Crippen molar-refractivity contribution in [2.75, 3.05) is 13.2 Å². The molecule has 0 radical (unpaired) electrons. The van der Waals surface area contributed by atoms with Gasteiger partial charge in [0.25, 0.3) is 5.91 Å². The number of carboxylic acids is 1. The van der Waals surface area contributed by atoms with Crippen LogP contribution in [0, 0.1) is 5.92 Å². The molecule has 5 nitrogen and oxygen atoms in total. The van der Waals surface area contributed by atoms with E-state index in [9.17, 15) is 9.59 Å². The molecule has 5 heteroatoms. The number of amides is 1. The van der Waals surface area contributed by atoms with E-state index >= 15 is 0 Å². The molecular weight excluding hydrogens is 282 g/mol. The third kappa shape index (κ3) is 5.39. The van der Waals surface area contributed by atoms with Crippen LogP contribution in [0.3, 0.4) is 0 Å². The van der Waals surface area contributed by atoms with E-state index in [1.165, 1.54) is 4.90 Å². The van der Waals surface area contributed by atoms with E-state index in [2.05, 4.69) is 0 Å². The van der Waals surface area contributed by atoms with Gasteiger partial charge in [-0.15, -0.1) is 0 Å². The minimum absolute atomic E-state index is 0.135. The summed E-state index contributed by atoms with van der Waals surface area (Å²) in [5, 5.41) is 9.01. The average Bonchev–Trinajstić information content (AvgIpc) is 2.49.